The zero-order valence-electron chi connectivity index (χ0n) is 14.3. The van der Waals surface area contributed by atoms with Gasteiger partial charge in [-0.2, -0.15) is 11.3 Å². The third-order valence-electron chi connectivity index (χ3n) is 4.49. The minimum absolute atomic E-state index is 0.192. The molecule has 2 aliphatic rings. The van der Waals surface area contributed by atoms with Crippen LogP contribution in [-0.4, -0.2) is 18.4 Å². The lowest BCUT2D eigenvalue weighted by atomic mass is 9.71. The molecule has 0 radical (unpaired) electrons. The van der Waals surface area contributed by atoms with Gasteiger partial charge in [0, 0.05) is 23.7 Å². The number of hydrogen-bond donors (Lipinski definition) is 1. The molecule has 1 N–H and O–H groups in total. The van der Waals surface area contributed by atoms with E-state index in [1.54, 1.807) is 11.3 Å². The predicted molar refractivity (Wildman–Crippen MR) is 94.5 cm³/mol. The fourth-order valence-electron chi connectivity index (χ4n) is 3.42. The highest BCUT2D eigenvalue weighted by Gasteiger charge is 2.43. The first-order chi connectivity index (χ1) is 11.5. The normalized spacial score (nSPS) is 23.7. The number of carbonyl (C=O) groups is 2. The number of carbonyl (C=O) groups excluding carboxylic acids is 2. The third kappa shape index (κ3) is 3.18. The minimum atomic E-state index is -0.317. The number of rotatable bonds is 4. The third-order valence-corrected chi connectivity index (χ3v) is 5.19. The Labute approximate surface area is 146 Å². The molecule has 0 aromatic carbocycles. The smallest absolute Gasteiger partial charge is 0.336 e. The molecular weight excluding hydrogens is 322 g/mol. The van der Waals surface area contributed by atoms with Crippen molar-refractivity contribution in [1.82, 2.24) is 5.32 Å². The van der Waals surface area contributed by atoms with Crippen molar-refractivity contribution in [3.05, 3.63) is 45.4 Å². The summed E-state index contributed by atoms with van der Waals surface area (Å²) >= 11 is 1.58. The molecule has 1 aliphatic carbocycles. The van der Waals surface area contributed by atoms with E-state index in [0.717, 1.165) is 23.4 Å². The van der Waals surface area contributed by atoms with E-state index in [0.29, 0.717) is 18.6 Å². The van der Waals surface area contributed by atoms with Gasteiger partial charge in [0.15, 0.2) is 0 Å². The number of ether oxygens (including phenoxy) is 1. The summed E-state index contributed by atoms with van der Waals surface area (Å²) in [6, 6.07) is 2.00. The molecule has 0 bridgehead atoms. The molecule has 0 amide bonds. The van der Waals surface area contributed by atoms with Crippen LogP contribution < -0.4 is 5.32 Å². The largest absolute Gasteiger partial charge is 0.462 e. The lowest BCUT2D eigenvalue weighted by molar-refractivity contribution is -0.140. The van der Waals surface area contributed by atoms with Crippen LogP contribution in [0.3, 0.4) is 0 Å². The minimum Gasteiger partial charge on any atom is -0.462 e. The van der Waals surface area contributed by atoms with Crippen LogP contribution in [0.4, 0.5) is 0 Å². The molecule has 1 aromatic rings. The van der Waals surface area contributed by atoms with Gasteiger partial charge in [-0.1, -0.05) is 19.9 Å². The highest BCUT2D eigenvalue weighted by molar-refractivity contribution is 7.08. The Hall–Kier alpha value is -1.88. The Morgan fingerprint density at radius 2 is 2.21 bits per heavy atom. The van der Waals surface area contributed by atoms with E-state index in [2.05, 4.69) is 11.4 Å². The fraction of sp³-hybridized carbons (Fsp3) is 0.474. The Kier molecular flexibility index (Phi) is 4.90. The van der Waals surface area contributed by atoms with E-state index in [9.17, 15) is 9.59 Å². The van der Waals surface area contributed by atoms with Crippen molar-refractivity contribution in [2.24, 2.45) is 11.8 Å². The molecule has 5 heteroatoms. The number of ketones is 1. The zero-order valence-corrected chi connectivity index (χ0v) is 15.1. The molecule has 1 aromatic heterocycles. The number of fused-ring (bicyclic) bond motifs is 1. The molecule has 128 valence electrons. The van der Waals surface area contributed by atoms with Crippen molar-refractivity contribution < 1.29 is 14.3 Å². The molecule has 2 atom stereocenters. The molecule has 24 heavy (non-hydrogen) atoms. The van der Waals surface area contributed by atoms with Gasteiger partial charge in [-0.15, -0.1) is 0 Å². The van der Waals surface area contributed by atoms with Gasteiger partial charge in [-0.3, -0.25) is 4.79 Å². The summed E-state index contributed by atoms with van der Waals surface area (Å²) < 4.78 is 5.49. The van der Waals surface area contributed by atoms with Gasteiger partial charge in [-0.25, -0.2) is 4.79 Å². The van der Waals surface area contributed by atoms with E-state index in [-0.39, 0.29) is 29.5 Å². The summed E-state index contributed by atoms with van der Waals surface area (Å²) in [6.45, 7) is 6.29. The van der Waals surface area contributed by atoms with Crippen LogP contribution in [0, 0.1) is 11.8 Å². The number of hydrogen-bond acceptors (Lipinski definition) is 5. The molecule has 1 aliphatic heterocycles. The summed E-state index contributed by atoms with van der Waals surface area (Å²) in [5.41, 5.74) is 3.33. The van der Waals surface area contributed by atoms with Gasteiger partial charge in [0.2, 0.25) is 0 Å². The van der Waals surface area contributed by atoms with E-state index in [4.69, 9.17) is 4.74 Å². The second-order valence-electron chi connectivity index (χ2n) is 6.83. The van der Waals surface area contributed by atoms with Gasteiger partial charge >= 0.3 is 5.97 Å². The number of esters is 1. The highest BCUT2D eigenvalue weighted by atomic mass is 32.1. The molecule has 3 rings (SSSR count). The van der Waals surface area contributed by atoms with Gasteiger partial charge in [0.05, 0.1) is 18.1 Å². The zero-order chi connectivity index (χ0) is 17.3. The average Bonchev–Trinajstić information content (AvgIpc) is 3.05. The Bertz CT molecular complexity index is 700. The van der Waals surface area contributed by atoms with E-state index >= 15 is 0 Å². The summed E-state index contributed by atoms with van der Waals surface area (Å²) in [5.74, 6) is -0.409. The molecule has 2 unspecified atom stereocenters. The summed E-state index contributed by atoms with van der Waals surface area (Å²) in [5, 5.41) is 7.29. The lowest BCUT2D eigenvalue weighted by Crippen LogP contribution is -2.40. The van der Waals surface area contributed by atoms with Crippen molar-refractivity contribution in [1.29, 1.82) is 0 Å². The van der Waals surface area contributed by atoms with Gasteiger partial charge in [0.25, 0.3) is 0 Å². The first-order valence-electron chi connectivity index (χ1n) is 8.38. The Morgan fingerprint density at radius 1 is 1.42 bits per heavy atom. The summed E-state index contributed by atoms with van der Waals surface area (Å²) in [7, 11) is 0. The van der Waals surface area contributed by atoms with E-state index in [1.165, 1.54) is 0 Å². The molecular formula is C19H23NO3S. The molecule has 0 spiro atoms. The van der Waals surface area contributed by atoms with Crippen LogP contribution in [-0.2, 0) is 14.3 Å². The van der Waals surface area contributed by atoms with Crippen molar-refractivity contribution in [3.63, 3.8) is 0 Å². The molecule has 0 saturated heterocycles. The summed E-state index contributed by atoms with van der Waals surface area (Å²) in [4.78, 5) is 25.4. The maximum atomic E-state index is 12.8. The molecule has 2 heterocycles. The number of nitrogens with one attached hydrogen (secondary N) is 1. The molecule has 4 nitrogen and oxygen atoms in total. The van der Waals surface area contributed by atoms with E-state index < -0.39 is 0 Å². The topological polar surface area (TPSA) is 55.4 Å². The van der Waals surface area contributed by atoms with E-state index in [1.807, 2.05) is 37.6 Å². The first kappa shape index (κ1) is 17.0. The quantitative estimate of drug-likeness (QED) is 0.844. The maximum Gasteiger partial charge on any atom is 0.336 e. The van der Waals surface area contributed by atoms with Crippen LogP contribution in [0.15, 0.2) is 39.9 Å². The van der Waals surface area contributed by atoms with Crippen molar-refractivity contribution in [2.75, 3.05) is 6.61 Å². The first-order valence-corrected chi connectivity index (χ1v) is 9.33. The van der Waals surface area contributed by atoms with Crippen LogP contribution in [0.1, 0.15) is 45.1 Å². The van der Waals surface area contributed by atoms with Crippen molar-refractivity contribution in [2.45, 2.75) is 39.5 Å². The SMILES string of the molecule is CC1=C(C(=O)OCC(C)C)C(c2ccsc2)C2C(=O)CCC=C2N1. The second-order valence-corrected chi connectivity index (χ2v) is 7.61. The maximum absolute atomic E-state index is 12.8. The standard InChI is InChI=1S/C19H23NO3S/c1-11(2)9-23-19(22)16-12(3)20-14-5-4-6-15(21)18(14)17(16)13-7-8-24-10-13/h5,7-8,10-11,17-18,20H,4,6,9H2,1-3H3. The van der Waals surface area contributed by atoms with Crippen molar-refractivity contribution >= 4 is 23.1 Å². The molecule has 0 fully saturated rings. The Morgan fingerprint density at radius 3 is 2.88 bits per heavy atom. The fourth-order valence-corrected chi connectivity index (χ4v) is 4.11. The van der Waals surface area contributed by atoms with Crippen molar-refractivity contribution in [3.8, 4) is 0 Å². The molecule has 0 saturated carbocycles. The predicted octanol–water partition coefficient (Wildman–Crippen LogP) is 3.77. The number of Topliss-reactive ketones (excluding diaryl/α,β-unsaturated/α-hetero) is 1. The number of allylic oxidation sites excluding steroid dienone is 3. The van der Waals surface area contributed by atoms with Gasteiger partial charge in [-0.05, 0) is 41.7 Å². The van der Waals surface area contributed by atoms with Gasteiger partial charge < -0.3 is 10.1 Å². The van der Waals surface area contributed by atoms with Crippen LogP contribution in [0.2, 0.25) is 0 Å². The monoisotopic (exact) mass is 345 g/mol. The summed E-state index contributed by atoms with van der Waals surface area (Å²) in [6.07, 6.45) is 3.38. The van der Waals surface area contributed by atoms with Crippen LogP contribution in [0.25, 0.3) is 0 Å². The number of thiophene rings is 1. The lowest BCUT2D eigenvalue weighted by Gasteiger charge is -2.37. The van der Waals surface area contributed by atoms with Crippen LogP contribution in [0.5, 0.6) is 0 Å². The average molecular weight is 345 g/mol. The Balaban J connectivity index is 2.03. The van der Waals surface area contributed by atoms with Gasteiger partial charge in [0.1, 0.15) is 5.78 Å². The van der Waals surface area contributed by atoms with Crippen LogP contribution >= 0.6 is 11.3 Å². The second kappa shape index (κ2) is 6.93. The highest BCUT2D eigenvalue weighted by Crippen LogP contribution is 2.44.